The molecule has 0 spiro atoms. The Kier molecular flexibility index (Phi) is 6.55. The predicted molar refractivity (Wildman–Crippen MR) is 139 cm³/mol. The van der Waals surface area contributed by atoms with Crippen molar-refractivity contribution in [3.63, 3.8) is 0 Å². The fourth-order valence-corrected chi connectivity index (χ4v) is 4.97. The number of phenols is 1. The monoisotopic (exact) mass is 533 g/mol. The first-order chi connectivity index (χ1) is 18.6. The number of carboxylic acid groups (broad SMARTS) is 1. The van der Waals surface area contributed by atoms with E-state index in [1.165, 1.54) is 43.6 Å². The SMILES string of the molecule is COc1cc(-n2c(C(C)(C)CCc3cnon3)c(-c3ccc(C(=O)O)cc3)c3c(O)cc(F)cc32)ccc1F. The summed E-state index contributed by atoms with van der Waals surface area (Å²) in [7, 11) is 1.35. The summed E-state index contributed by atoms with van der Waals surface area (Å²) < 4.78 is 40.9. The number of carboxylic acids is 1. The topological polar surface area (TPSA) is 111 Å². The third-order valence-electron chi connectivity index (χ3n) is 6.88. The first-order valence-electron chi connectivity index (χ1n) is 12.1. The molecule has 8 nitrogen and oxygen atoms in total. The predicted octanol–water partition coefficient (Wildman–Crippen LogP) is 6.28. The lowest BCUT2D eigenvalue weighted by Gasteiger charge is -2.29. The Morgan fingerprint density at radius 2 is 1.85 bits per heavy atom. The molecule has 0 saturated carbocycles. The Bertz CT molecular complexity index is 1680. The van der Waals surface area contributed by atoms with Crippen LogP contribution in [0.2, 0.25) is 0 Å². The Morgan fingerprint density at radius 1 is 1.10 bits per heavy atom. The van der Waals surface area contributed by atoms with Crippen molar-refractivity contribution in [3.05, 3.63) is 89.4 Å². The molecular formula is C29H25F2N3O5. The van der Waals surface area contributed by atoms with Crippen molar-refractivity contribution >= 4 is 16.9 Å². The van der Waals surface area contributed by atoms with E-state index in [0.717, 1.165) is 6.07 Å². The van der Waals surface area contributed by atoms with Gasteiger partial charge in [-0.15, -0.1) is 0 Å². The van der Waals surface area contributed by atoms with E-state index in [4.69, 9.17) is 9.37 Å². The number of methoxy groups -OCH3 is 1. The molecule has 0 amide bonds. The number of hydrogen-bond acceptors (Lipinski definition) is 6. The number of nitrogens with zero attached hydrogens (tertiary/aromatic N) is 3. The van der Waals surface area contributed by atoms with E-state index in [1.54, 1.807) is 22.8 Å². The van der Waals surface area contributed by atoms with Crippen molar-refractivity contribution in [3.8, 4) is 28.3 Å². The molecule has 0 saturated heterocycles. The van der Waals surface area contributed by atoms with E-state index in [2.05, 4.69) is 10.3 Å². The summed E-state index contributed by atoms with van der Waals surface area (Å²) >= 11 is 0. The van der Waals surface area contributed by atoms with Gasteiger partial charge in [0.2, 0.25) is 0 Å². The van der Waals surface area contributed by atoms with Crippen LogP contribution >= 0.6 is 0 Å². The van der Waals surface area contributed by atoms with E-state index >= 15 is 0 Å². The van der Waals surface area contributed by atoms with Crippen LogP contribution in [0.15, 0.2) is 65.4 Å². The van der Waals surface area contributed by atoms with Gasteiger partial charge in [0.25, 0.3) is 0 Å². The standard InChI is InChI=1S/C29H25F2N3O5/c1-29(2,11-10-19-15-32-39-33-19)27-25(16-4-6-17(7-5-16)28(36)37)26-22(12-18(30)13-23(26)35)34(27)20-8-9-21(31)24(14-20)38-3/h4-9,12-15,35H,10-11H2,1-3H3,(H,36,37). The van der Waals surface area contributed by atoms with Crippen molar-refractivity contribution in [2.24, 2.45) is 0 Å². The molecule has 0 aliphatic carbocycles. The Labute approximate surface area is 222 Å². The highest BCUT2D eigenvalue weighted by Crippen LogP contribution is 2.47. The number of ether oxygens (including phenoxy) is 1. The molecule has 0 aliphatic heterocycles. The van der Waals surface area contributed by atoms with Gasteiger partial charge >= 0.3 is 5.97 Å². The number of carbonyl (C=O) groups is 1. The van der Waals surface area contributed by atoms with Crippen LogP contribution in [0.3, 0.4) is 0 Å². The minimum Gasteiger partial charge on any atom is -0.507 e. The van der Waals surface area contributed by atoms with Gasteiger partial charge in [0.1, 0.15) is 17.3 Å². The molecule has 0 aliphatic rings. The summed E-state index contributed by atoms with van der Waals surface area (Å²) in [5.41, 5.74) is 2.83. The minimum absolute atomic E-state index is 0.000219. The van der Waals surface area contributed by atoms with Gasteiger partial charge in [0.05, 0.1) is 29.8 Å². The first kappa shape index (κ1) is 25.9. The quantitative estimate of drug-likeness (QED) is 0.241. The molecule has 0 bridgehead atoms. The van der Waals surface area contributed by atoms with E-state index in [0.29, 0.717) is 51.9 Å². The highest BCUT2D eigenvalue weighted by atomic mass is 19.1. The number of halogens is 2. The molecule has 2 N–H and O–H groups in total. The average molecular weight is 534 g/mol. The van der Waals surface area contributed by atoms with Crippen LogP contribution in [0.25, 0.3) is 27.7 Å². The fourth-order valence-electron chi connectivity index (χ4n) is 4.97. The normalized spacial score (nSPS) is 11.7. The first-order valence-corrected chi connectivity index (χ1v) is 12.1. The number of hydrogen-bond donors (Lipinski definition) is 2. The largest absolute Gasteiger partial charge is 0.507 e. The lowest BCUT2D eigenvalue weighted by molar-refractivity contribution is 0.0697. The molecule has 10 heteroatoms. The number of aryl methyl sites for hydroxylation is 1. The van der Waals surface area contributed by atoms with Crippen LogP contribution in [-0.2, 0) is 11.8 Å². The zero-order chi connectivity index (χ0) is 27.9. The van der Waals surface area contributed by atoms with Crippen molar-refractivity contribution in [1.29, 1.82) is 0 Å². The molecule has 0 fully saturated rings. The number of rotatable bonds is 8. The van der Waals surface area contributed by atoms with Gasteiger partial charge < -0.3 is 19.5 Å². The summed E-state index contributed by atoms with van der Waals surface area (Å²) in [5.74, 6) is -2.57. The molecular weight excluding hydrogens is 508 g/mol. The Balaban J connectivity index is 1.86. The van der Waals surface area contributed by atoms with Gasteiger partial charge in [-0.1, -0.05) is 36.3 Å². The van der Waals surface area contributed by atoms with Crippen molar-refractivity contribution in [2.45, 2.75) is 32.1 Å². The number of fused-ring (bicyclic) bond motifs is 1. The van der Waals surface area contributed by atoms with Gasteiger partial charge in [-0.3, -0.25) is 0 Å². The number of aromatic nitrogens is 3. The number of phenolic OH excluding ortho intramolecular Hbond substituents is 1. The zero-order valence-corrected chi connectivity index (χ0v) is 21.4. The van der Waals surface area contributed by atoms with Crippen molar-refractivity contribution in [2.75, 3.05) is 7.11 Å². The number of aromatic carboxylic acids is 1. The molecule has 2 heterocycles. The molecule has 200 valence electrons. The summed E-state index contributed by atoms with van der Waals surface area (Å²) in [6.45, 7) is 3.99. The summed E-state index contributed by atoms with van der Waals surface area (Å²) in [4.78, 5) is 11.5. The average Bonchev–Trinajstić information content (AvgIpc) is 3.55. The molecule has 3 aromatic carbocycles. The molecule has 2 aromatic heterocycles. The van der Waals surface area contributed by atoms with Gasteiger partial charge in [0, 0.05) is 34.5 Å². The second kappa shape index (κ2) is 9.86. The van der Waals surface area contributed by atoms with Gasteiger partial charge in [-0.25, -0.2) is 18.2 Å². The minimum atomic E-state index is -1.07. The van der Waals surface area contributed by atoms with Gasteiger partial charge in [-0.2, -0.15) is 0 Å². The second-order valence-corrected chi connectivity index (χ2v) is 9.86. The molecule has 0 atom stereocenters. The van der Waals surface area contributed by atoms with E-state index in [-0.39, 0.29) is 17.1 Å². The summed E-state index contributed by atoms with van der Waals surface area (Å²) in [6, 6.07) is 12.9. The highest BCUT2D eigenvalue weighted by molar-refractivity contribution is 6.04. The Morgan fingerprint density at radius 3 is 2.49 bits per heavy atom. The van der Waals surface area contributed by atoms with Crippen LogP contribution in [0, 0.1) is 11.6 Å². The van der Waals surface area contributed by atoms with Crippen LogP contribution < -0.4 is 4.74 Å². The summed E-state index contributed by atoms with van der Waals surface area (Å²) in [5, 5.41) is 28.4. The maximum atomic E-state index is 14.8. The number of benzene rings is 3. The van der Waals surface area contributed by atoms with E-state index in [1.807, 2.05) is 13.8 Å². The smallest absolute Gasteiger partial charge is 0.335 e. The van der Waals surface area contributed by atoms with Crippen LogP contribution in [0.5, 0.6) is 11.5 Å². The molecule has 0 unspecified atom stereocenters. The molecule has 0 radical (unpaired) electrons. The van der Waals surface area contributed by atoms with Crippen LogP contribution in [0.1, 0.15) is 42.0 Å². The number of aromatic hydroxyl groups is 1. The third-order valence-corrected chi connectivity index (χ3v) is 6.88. The van der Waals surface area contributed by atoms with E-state index < -0.39 is 23.0 Å². The maximum absolute atomic E-state index is 14.8. The molecule has 5 aromatic rings. The Hall–Kier alpha value is -4.73. The zero-order valence-electron chi connectivity index (χ0n) is 21.4. The lowest BCUT2D eigenvalue weighted by Crippen LogP contribution is -2.23. The van der Waals surface area contributed by atoms with Crippen LogP contribution in [-0.4, -0.2) is 38.2 Å². The van der Waals surface area contributed by atoms with Crippen molar-refractivity contribution < 1.29 is 33.2 Å². The van der Waals surface area contributed by atoms with Crippen molar-refractivity contribution in [1.82, 2.24) is 14.9 Å². The second-order valence-electron chi connectivity index (χ2n) is 9.86. The van der Waals surface area contributed by atoms with E-state index in [9.17, 15) is 23.8 Å². The highest BCUT2D eigenvalue weighted by Gasteiger charge is 2.33. The summed E-state index contributed by atoms with van der Waals surface area (Å²) in [6.07, 6.45) is 2.57. The fraction of sp³-hybridized carbons (Fsp3) is 0.207. The third kappa shape index (κ3) is 4.69. The molecule has 39 heavy (non-hydrogen) atoms. The van der Waals surface area contributed by atoms with Gasteiger partial charge in [-0.05, 0) is 48.7 Å². The lowest BCUT2D eigenvalue weighted by atomic mass is 9.80. The maximum Gasteiger partial charge on any atom is 0.335 e. The molecule has 5 rings (SSSR count). The van der Waals surface area contributed by atoms with Gasteiger partial charge in [0.15, 0.2) is 11.6 Å². The van der Waals surface area contributed by atoms with Crippen LogP contribution in [0.4, 0.5) is 8.78 Å².